The maximum absolute atomic E-state index is 10.5. The number of allylic oxidation sites excluding steroid dienone is 3. The SMILES string of the molecule is CCCN=C(N)/C(C)=C1/CCCN(C2=CC=C(c3cnn(CC45CC6CC(C4)CC(OCCNCCC)(C6)C5)c3C)C(=C(O)O)N2)C1=N.OCCO. The number of aliphatic hydroxyl groups excluding tert-OH is 3. The van der Waals surface area contributed by atoms with Crippen LogP contribution in [0.25, 0.3) is 5.57 Å². The van der Waals surface area contributed by atoms with Crippen molar-refractivity contribution < 1.29 is 25.2 Å². The van der Waals surface area contributed by atoms with Crippen molar-refractivity contribution in [2.24, 2.45) is 28.0 Å². The van der Waals surface area contributed by atoms with E-state index in [0.29, 0.717) is 48.0 Å². The van der Waals surface area contributed by atoms with Crippen molar-refractivity contribution in [2.75, 3.05) is 46.0 Å². The van der Waals surface area contributed by atoms with E-state index in [0.717, 1.165) is 80.7 Å². The number of nitrogens with one attached hydrogen (secondary N) is 3. The van der Waals surface area contributed by atoms with Crippen LogP contribution in [0.15, 0.2) is 52.0 Å². The van der Waals surface area contributed by atoms with Crippen LogP contribution in [0.1, 0.15) is 96.2 Å². The Balaban J connectivity index is 0.00000124. The second-order valence-electron chi connectivity index (χ2n) is 15.4. The van der Waals surface area contributed by atoms with Crippen molar-refractivity contribution >= 4 is 17.2 Å². The Kier molecular flexibility index (Phi) is 13.3. The molecule has 13 nitrogen and oxygen atoms in total. The summed E-state index contributed by atoms with van der Waals surface area (Å²) in [6.45, 7) is 12.8. The van der Waals surface area contributed by atoms with Gasteiger partial charge in [0.05, 0.1) is 31.6 Å². The molecule has 4 bridgehead atoms. The van der Waals surface area contributed by atoms with Gasteiger partial charge in [0.2, 0.25) is 0 Å². The molecule has 0 amide bonds. The van der Waals surface area contributed by atoms with Gasteiger partial charge < -0.3 is 46.4 Å². The number of rotatable bonds is 14. The molecule has 2 atom stereocenters. The molecule has 52 heavy (non-hydrogen) atoms. The van der Waals surface area contributed by atoms with E-state index in [9.17, 15) is 10.2 Å². The molecule has 4 saturated carbocycles. The number of dihydropyridines is 1. The summed E-state index contributed by atoms with van der Waals surface area (Å²) in [5.41, 5.74) is 10.8. The fourth-order valence-corrected chi connectivity index (χ4v) is 9.51. The van der Waals surface area contributed by atoms with Gasteiger partial charge in [-0.1, -0.05) is 13.8 Å². The number of ether oxygens (including phenoxy) is 1. The highest BCUT2D eigenvalue weighted by atomic mass is 16.5. The fourth-order valence-electron chi connectivity index (χ4n) is 9.51. The zero-order valence-electron chi connectivity index (χ0n) is 31.7. The molecule has 5 fully saturated rings. The van der Waals surface area contributed by atoms with E-state index in [1.165, 1.54) is 32.1 Å². The van der Waals surface area contributed by atoms with Crippen LogP contribution in [0, 0.1) is 29.6 Å². The second kappa shape index (κ2) is 17.5. The van der Waals surface area contributed by atoms with Gasteiger partial charge in [0.25, 0.3) is 5.95 Å². The summed E-state index contributed by atoms with van der Waals surface area (Å²) in [4.78, 5) is 6.32. The standard InChI is InChI=1S/C37H56N8O3.C2H6O2/c1-5-11-40-13-15-48-37-19-26-16-27(20-37)18-36(17-26,22-37)23-45-25(4)30(21-42-45)29-9-10-31(43-32(29)35(46)47)44-14-7-8-28(34(44)39)24(3)33(38)41-12-6-2;3-1-2-4/h9-10,21,26-27,39-40,43,46-47H,5-8,11-20,22-23H2,1-4H3,(H2,38,41);3-4H,1-2H2/b28-24-,39-34?;. The smallest absolute Gasteiger partial charge is 0.299 e. The van der Waals surface area contributed by atoms with Crippen molar-refractivity contribution in [3.05, 3.63) is 58.2 Å². The minimum atomic E-state index is -0.793. The first-order valence-corrected chi connectivity index (χ1v) is 19.3. The summed E-state index contributed by atoms with van der Waals surface area (Å²) in [5.74, 6) is 2.07. The molecular weight excluding hydrogens is 660 g/mol. The monoisotopic (exact) mass is 722 g/mol. The Morgan fingerprint density at radius 1 is 1.12 bits per heavy atom. The Labute approximate surface area is 308 Å². The number of hydrogen-bond acceptors (Lipinski definition) is 10. The topological polar surface area (TPSA) is 197 Å². The van der Waals surface area contributed by atoms with Crippen molar-refractivity contribution in [3.63, 3.8) is 0 Å². The Morgan fingerprint density at radius 3 is 2.50 bits per heavy atom. The van der Waals surface area contributed by atoms with Gasteiger partial charge in [-0.15, -0.1) is 0 Å². The van der Waals surface area contributed by atoms with Crippen molar-refractivity contribution in [1.82, 2.24) is 25.3 Å². The van der Waals surface area contributed by atoms with Crippen LogP contribution in [-0.4, -0.2) is 98.4 Å². The van der Waals surface area contributed by atoms with Crippen LogP contribution >= 0.6 is 0 Å². The lowest BCUT2D eigenvalue weighted by atomic mass is 9.48. The first-order valence-electron chi connectivity index (χ1n) is 19.3. The number of likely N-dealkylation sites (tertiary alicyclic amines) is 1. The van der Waals surface area contributed by atoms with Crippen LogP contribution in [0.4, 0.5) is 0 Å². The van der Waals surface area contributed by atoms with Crippen LogP contribution in [0.3, 0.4) is 0 Å². The molecule has 2 unspecified atom stereocenters. The fraction of sp³-hybridized carbons (Fsp3) is 0.667. The highest BCUT2D eigenvalue weighted by Gasteiger charge is 2.58. The number of nitrogens with zero attached hydrogens (tertiary/aromatic N) is 4. The largest absolute Gasteiger partial charge is 0.480 e. The number of aliphatic hydroxyl groups is 4. The van der Waals surface area contributed by atoms with E-state index in [-0.39, 0.29) is 29.9 Å². The van der Waals surface area contributed by atoms with E-state index in [1.807, 2.05) is 30.2 Å². The molecule has 1 aromatic heterocycles. The summed E-state index contributed by atoms with van der Waals surface area (Å²) in [7, 11) is 0. The maximum Gasteiger partial charge on any atom is 0.299 e. The molecule has 0 radical (unpaired) electrons. The lowest BCUT2D eigenvalue weighted by molar-refractivity contribution is -0.196. The molecule has 4 aliphatic carbocycles. The molecule has 7 rings (SSSR count). The predicted molar refractivity (Wildman–Crippen MR) is 205 cm³/mol. The summed E-state index contributed by atoms with van der Waals surface area (Å²) in [6, 6.07) is 0. The molecule has 1 saturated heterocycles. The second-order valence-corrected chi connectivity index (χ2v) is 15.4. The van der Waals surface area contributed by atoms with Crippen molar-refractivity contribution in [1.29, 1.82) is 5.41 Å². The number of piperidine rings is 1. The van der Waals surface area contributed by atoms with Crippen LogP contribution in [0.2, 0.25) is 0 Å². The third-order valence-electron chi connectivity index (χ3n) is 11.4. The number of amidine groups is 2. The number of hydrogen-bond donors (Lipinski definition) is 8. The zero-order chi connectivity index (χ0) is 37.5. The molecule has 2 aliphatic heterocycles. The van der Waals surface area contributed by atoms with Gasteiger partial charge in [-0.05, 0) is 120 Å². The molecule has 9 N–H and O–H groups in total. The van der Waals surface area contributed by atoms with E-state index in [2.05, 4.69) is 41.1 Å². The lowest BCUT2D eigenvalue weighted by Crippen LogP contribution is -2.58. The lowest BCUT2D eigenvalue weighted by Gasteiger charge is -2.61. The normalized spacial score (nSPS) is 27.9. The first-order chi connectivity index (χ1) is 25.0. The number of aromatic nitrogens is 2. The van der Waals surface area contributed by atoms with Crippen LogP contribution in [-0.2, 0) is 11.3 Å². The molecule has 0 spiro atoms. The average Bonchev–Trinajstić information content (AvgIpc) is 3.47. The summed E-state index contributed by atoms with van der Waals surface area (Å²) in [6.07, 6.45) is 16.5. The van der Waals surface area contributed by atoms with Crippen molar-refractivity contribution in [2.45, 2.75) is 104 Å². The van der Waals surface area contributed by atoms with Gasteiger partial charge in [-0.3, -0.25) is 15.1 Å². The van der Waals surface area contributed by atoms with Crippen LogP contribution in [0.5, 0.6) is 0 Å². The van der Waals surface area contributed by atoms with Gasteiger partial charge in [-0.2, -0.15) is 5.10 Å². The molecule has 13 heteroatoms. The molecule has 0 aromatic carbocycles. The predicted octanol–water partition coefficient (Wildman–Crippen LogP) is 4.79. The Morgan fingerprint density at radius 2 is 1.85 bits per heavy atom. The Hall–Kier alpha value is -3.65. The molecule has 288 valence electrons. The summed E-state index contributed by atoms with van der Waals surface area (Å²) < 4.78 is 8.86. The van der Waals surface area contributed by atoms with Gasteiger partial charge in [0, 0.05) is 48.6 Å². The van der Waals surface area contributed by atoms with E-state index >= 15 is 0 Å². The molecule has 1 aromatic rings. The summed E-state index contributed by atoms with van der Waals surface area (Å²) >= 11 is 0. The number of nitrogens with two attached hydrogens (primary N) is 1. The number of aliphatic imine (C=N–C) groups is 1. The molecule has 6 aliphatic rings. The first kappa shape index (κ1) is 39.6. The van der Waals surface area contributed by atoms with Crippen LogP contribution < -0.4 is 16.4 Å². The van der Waals surface area contributed by atoms with Gasteiger partial charge in [0.15, 0.2) is 0 Å². The van der Waals surface area contributed by atoms with Gasteiger partial charge in [0.1, 0.15) is 23.2 Å². The summed E-state index contributed by atoms with van der Waals surface area (Å²) in [5, 5.41) is 56.9. The Bertz CT molecular complexity index is 1570. The van der Waals surface area contributed by atoms with Gasteiger partial charge >= 0.3 is 0 Å². The zero-order valence-corrected chi connectivity index (χ0v) is 31.7. The minimum absolute atomic E-state index is 0.0126. The highest BCUT2D eigenvalue weighted by molar-refractivity contribution is 6.08. The quantitative estimate of drug-likeness (QED) is 0.0572. The third kappa shape index (κ3) is 8.75. The molecular formula is C39H62N8O5. The third-order valence-corrected chi connectivity index (χ3v) is 11.4. The maximum atomic E-state index is 10.5. The van der Waals surface area contributed by atoms with E-state index in [1.54, 1.807) is 0 Å². The highest BCUT2D eigenvalue weighted by Crippen LogP contribution is 2.63. The average molecular weight is 723 g/mol. The van der Waals surface area contributed by atoms with E-state index in [4.69, 9.17) is 31.2 Å². The molecule has 3 heterocycles. The minimum Gasteiger partial charge on any atom is -0.480 e. The van der Waals surface area contributed by atoms with E-state index < -0.39 is 5.95 Å². The van der Waals surface area contributed by atoms with Crippen molar-refractivity contribution in [3.8, 4) is 0 Å². The van der Waals surface area contributed by atoms with Gasteiger partial charge in [-0.25, -0.2) is 0 Å².